The fourth-order valence-corrected chi connectivity index (χ4v) is 0.908. The number of nitrogens with zero attached hydrogens (tertiary/aromatic N) is 3. The monoisotopic (exact) mass is 182 g/mol. The first-order chi connectivity index (χ1) is 6.17. The van der Waals surface area contributed by atoms with Crippen molar-refractivity contribution in [3.8, 4) is 5.88 Å². The molecule has 2 N–H and O–H groups in total. The number of rotatable bonds is 3. The van der Waals surface area contributed by atoms with Crippen LogP contribution in [-0.4, -0.2) is 22.7 Å². The molecule has 0 spiro atoms. The number of hydrogen-bond donors (Lipinski definition) is 1. The van der Waals surface area contributed by atoms with Gasteiger partial charge < -0.3 is 10.5 Å². The van der Waals surface area contributed by atoms with Crippen molar-refractivity contribution in [3.63, 3.8) is 0 Å². The van der Waals surface area contributed by atoms with E-state index in [1.807, 2.05) is 6.92 Å². The smallest absolute Gasteiger partial charge is 0.213 e. The largest absolute Gasteiger partial charge is 0.481 e. The molecular weight excluding hydrogens is 168 g/mol. The maximum absolute atomic E-state index is 5.57. The zero-order valence-electron chi connectivity index (χ0n) is 8.11. The molecule has 0 amide bonds. The van der Waals surface area contributed by atoms with E-state index in [2.05, 4.69) is 10.1 Å². The third-order valence-electron chi connectivity index (χ3n) is 1.65. The molecule has 0 fully saturated rings. The number of amidine groups is 1. The molecule has 0 atom stereocenters. The zero-order chi connectivity index (χ0) is 9.84. The van der Waals surface area contributed by atoms with E-state index in [0.717, 1.165) is 6.42 Å². The average Bonchev–Trinajstić information content (AvgIpc) is 2.46. The molecule has 5 nitrogen and oxygen atoms in total. The van der Waals surface area contributed by atoms with Gasteiger partial charge in [-0.3, -0.25) is 0 Å². The van der Waals surface area contributed by atoms with Gasteiger partial charge in [0.15, 0.2) is 5.82 Å². The fraction of sp³-hybridized carbons (Fsp3) is 0.500. The summed E-state index contributed by atoms with van der Waals surface area (Å²) in [5.74, 6) is 1.82. The summed E-state index contributed by atoms with van der Waals surface area (Å²) in [5, 5.41) is 4.09. The molecular formula is C8H14N4O. The van der Waals surface area contributed by atoms with Crippen LogP contribution >= 0.6 is 0 Å². The van der Waals surface area contributed by atoms with Gasteiger partial charge in [0.25, 0.3) is 0 Å². The first kappa shape index (κ1) is 9.57. The minimum atomic E-state index is 0.570. The number of aryl methyl sites for hydroxylation is 1. The Hall–Kier alpha value is -1.52. The SMILES string of the molecule is CCC(N)=Nc1cc(OC)n(C)n1. The lowest BCUT2D eigenvalue weighted by Crippen LogP contribution is -2.08. The molecule has 0 bridgehead atoms. The Balaban J connectivity index is 2.91. The highest BCUT2D eigenvalue weighted by atomic mass is 16.5. The van der Waals surface area contributed by atoms with Crippen LogP contribution in [0.1, 0.15) is 13.3 Å². The van der Waals surface area contributed by atoms with E-state index in [4.69, 9.17) is 10.5 Å². The number of methoxy groups -OCH3 is 1. The molecule has 0 saturated heterocycles. The van der Waals surface area contributed by atoms with Crippen LogP contribution in [0.4, 0.5) is 5.82 Å². The van der Waals surface area contributed by atoms with Crippen LogP contribution in [0.25, 0.3) is 0 Å². The van der Waals surface area contributed by atoms with Crippen molar-refractivity contribution in [2.45, 2.75) is 13.3 Å². The Labute approximate surface area is 77.2 Å². The summed E-state index contributed by atoms with van der Waals surface area (Å²) in [6.07, 6.45) is 0.721. The molecule has 0 saturated carbocycles. The van der Waals surface area contributed by atoms with Crippen molar-refractivity contribution in [2.24, 2.45) is 17.8 Å². The molecule has 0 aliphatic carbocycles. The number of nitrogens with two attached hydrogens (primary N) is 1. The predicted molar refractivity (Wildman–Crippen MR) is 51.3 cm³/mol. The topological polar surface area (TPSA) is 65.4 Å². The first-order valence-electron chi connectivity index (χ1n) is 4.08. The van der Waals surface area contributed by atoms with Crippen LogP contribution in [0.15, 0.2) is 11.1 Å². The molecule has 0 aromatic carbocycles. The van der Waals surface area contributed by atoms with Crippen molar-refractivity contribution < 1.29 is 4.74 Å². The van der Waals surface area contributed by atoms with E-state index in [9.17, 15) is 0 Å². The van der Waals surface area contributed by atoms with Gasteiger partial charge in [-0.1, -0.05) is 6.92 Å². The van der Waals surface area contributed by atoms with Gasteiger partial charge in [0.05, 0.1) is 7.11 Å². The Bertz CT molecular complexity index is 316. The molecule has 5 heteroatoms. The molecule has 1 heterocycles. The lowest BCUT2D eigenvalue weighted by molar-refractivity contribution is 0.373. The van der Waals surface area contributed by atoms with Crippen LogP contribution in [0.5, 0.6) is 5.88 Å². The third-order valence-corrected chi connectivity index (χ3v) is 1.65. The molecule has 0 aliphatic heterocycles. The summed E-state index contributed by atoms with van der Waals surface area (Å²) in [6, 6.07) is 1.74. The van der Waals surface area contributed by atoms with Gasteiger partial charge in [0.1, 0.15) is 5.84 Å². The summed E-state index contributed by atoms with van der Waals surface area (Å²) in [4.78, 5) is 4.09. The Morgan fingerprint density at radius 1 is 1.77 bits per heavy atom. The normalized spacial score (nSPS) is 11.8. The summed E-state index contributed by atoms with van der Waals surface area (Å²) in [6.45, 7) is 1.94. The Kier molecular flexibility index (Phi) is 2.89. The number of ether oxygens (including phenoxy) is 1. The second kappa shape index (κ2) is 3.93. The number of aliphatic imine (C=N–C) groups is 1. The molecule has 0 aliphatic rings. The molecule has 1 aromatic heterocycles. The van der Waals surface area contributed by atoms with E-state index >= 15 is 0 Å². The summed E-state index contributed by atoms with van der Waals surface area (Å²) >= 11 is 0. The lowest BCUT2D eigenvalue weighted by atomic mass is 10.4. The molecule has 1 aromatic rings. The van der Waals surface area contributed by atoms with E-state index in [0.29, 0.717) is 17.5 Å². The number of hydrogen-bond acceptors (Lipinski definition) is 3. The number of aromatic nitrogens is 2. The van der Waals surface area contributed by atoms with Crippen LogP contribution in [0.3, 0.4) is 0 Å². The summed E-state index contributed by atoms with van der Waals surface area (Å²) in [5.41, 5.74) is 5.57. The zero-order valence-corrected chi connectivity index (χ0v) is 8.11. The molecule has 13 heavy (non-hydrogen) atoms. The van der Waals surface area contributed by atoms with Crippen molar-refractivity contribution in [3.05, 3.63) is 6.07 Å². The fourth-order valence-electron chi connectivity index (χ4n) is 0.908. The van der Waals surface area contributed by atoms with Gasteiger partial charge in [0.2, 0.25) is 5.88 Å². The van der Waals surface area contributed by atoms with Crippen LogP contribution in [0.2, 0.25) is 0 Å². The van der Waals surface area contributed by atoms with Crippen LogP contribution in [0, 0.1) is 0 Å². The molecule has 1 rings (SSSR count). The second-order valence-corrected chi connectivity index (χ2v) is 2.63. The minimum Gasteiger partial charge on any atom is -0.481 e. The molecule has 72 valence electrons. The van der Waals surface area contributed by atoms with E-state index in [1.165, 1.54) is 0 Å². The van der Waals surface area contributed by atoms with Crippen molar-refractivity contribution in [2.75, 3.05) is 7.11 Å². The summed E-state index contributed by atoms with van der Waals surface area (Å²) in [7, 11) is 3.38. The maximum Gasteiger partial charge on any atom is 0.213 e. The lowest BCUT2D eigenvalue weighted by Gasteiger charge is -1.95. The highest BCUT2D eigenvalue weighted by Crippen LogP contribution is 2.17. The second-order valence-electron chi connectivity index (χ2n) is 2.63. The highest BCUT2D eigenvalue weighted by Gasteiger charge is 2.03. The first-order valence-corrected chi connectivity index (χ1v) is 4.08. The van der Waals surface area contributed by atoms with Crippen molar-refractivity contribution in [1.29, 1.82) is 0 Å². The average molecular weight is 182 g/mol. The van der Waals surface area contributed by atoms with Gasteiger partial charge in [-0.15, -0.1) is 5.10 Å². The predicted octanol–water partition coefficient (Wildman–Crippen LogP) is 0.827. The van der Waals surface area contributed by atoms with Gasteiger partial charge in [-0.05, 0) is 0 Å². The molecule has 0 radical (unpaired) electrons. The Morgan fingerprint density at radius 2 is 2.46 bits per heavy atom. The standard InChI is InChI=1S/C8H14N4O/c1-4-6(9)10-7-5-8(13-3)12(2)11-7/h5H,4H2,1-3H3,(H2,9,10,11). The van der Waals surface area contributed by atoms with Crippen molar-refractivity contribution in [1.82, 2.24) is 9.78 Å². The van der Waals surface area contributed by atoms with Crippen LogP contribution < -0.4 is 10.5 Å². The van der Waals surface area contributed by atoms with Crippen LogP contribution in [-0.2, 0) is 7.05 Å². The Morgan fingerprint density at radius 3 is 2.92 bits per heavy atom. The summed E-state index contributed by atoms with van der Waals surface area (Å²) < 4.78 is 6.64. The van der Waals surface area contributed by atoms with Crippen molar-refractivity contribution >= 4 is 11.7 Å². The van der Waals surface area contributed by atoms with Gasteiger partial charge in [0, 0.05) is 19.5 Å². The van der Waals surface area contributed by atoms with E-state index < -0.39 is 0 Å². The van der Waals surface area contributed by atoms with Gasteiger partial charge in [-0.2, -0.15) is 0 Å². The van der Waals surface area contributed by atoms with Gasteiger partial charge in [-0.25, -0.2) is 9.67 Å². The quantitative estimate of drug-likeness (QED) is 0.556. The maximum atomic E-state index is 5.57. The highest BCUT2D eigenvalue weighted by molar-refractivity contribution is 5.82. The van der Waals surface area contributed by atoms with E-state index in [-0.39, 0.29) is 0 Å². The van der Waals surface area contributed by atoms with Gasteiger partial charge >= 0.3 is 0 Å². The van der Waals surface area contributed by atoms with E-state index in [1.54, 1.807) is 24.9 Å². The molecule has 0 unspecified atom stereocenters. The third kappa shape index (κ3) is 2.21. The minimum absolute atomic E-state index is 0.570.